The Morgan fingerprint density at radius 1 is 1.25 bits per heavy atom. The SMILES string of the molecule is CNS(=O)(=O)c1ccc(S(N)(=O)=O)cc1F. The molecule has 0 spiro atoms. The van der Waals surface area contributed by atoms with E-state index in [1.165, 1.54) is 0 Å². The normalized spacial score (nSPS) is 12.7. The van der Waals surface area contributed by atoms with Gasteiger partial charge in [-0.25, -0.2) is 31.1 Å². The predicted molar refractivity (Wildman–Crippen MR) is 54.0 cm³/mol. The number of hydrogen-bond donors (Lipinski definition) is 2. The van der Waals surface area contributed by atoms with Crippen molar-refractivity contribution in [3.63, 3.8) is 0 Å². The lowest BCUT2D eigenvalue weighted by atomic mass is 10.3. The van der Waals surface area contributed by atoms with Gasteiger partial charge in [0.15, 0.2) is 0 Å². The van der Waals surface area contributed by atoms with Gasteiger partial charge in [0, 0.05) is 0 Å². The molecule has 16 heavy (non-hydrogen) atoms. The van der Waals surface area contributed by atoms with E-state index in [-0.39, 0.29) is 0 Å². The minimum Gasteiger partial charge on any atom is -0.225 e. The topological polar surface area (TPSA) is 106 Å². The number of benzene rings is 1. The van der Waals surface area contributed by atoms with Crippen LogP contribution < -0.4 is 9.86 Å². The number of halogens is 1. The van der Waals surface area contributed by atoms with Gasteiger partial charge in [-0.1, -0.05) is 0 Å². The molecular weight excluding hydrogens is 259 g/mol. The fourth-order valence-electron chi connectivity index (χ4n) is 0.986. The second kappa shape index (κ2) is 4.09. The second-order valence-corrected chi connectivity index (χ2v) is 6.26. The van der Waals surface area contributed by atoms with Crippen LogP contribution in [0, 0.1) is 5.82 Å². The molecule has 0 heterocycles. The van der Waals surface area contributed by atoms with Crippen LogP contribution in [0.15, 0.2) is 28.0 Å². The van der Waals surface area contributed by atoms with Crippen LogP contribution in [0.1, 0.15) is 0 Å². The van der Waals surface area contributed by atoms with Gasteiger partial charge in [0.1, 0.15) is 10.7 Å². The number of rotatable bonds is 3. The van der Waals surface area contributed by atoms with Gasteiger partial charge in [0.05, 0.1) is 4.90 Å². The number of sulfonamides is 2. The van der Waals surface area contributed by atoms with E-state index in [4.69, 9.17) is 5.14 Å². The average Bonchev–Trinajstić information content (AvgIpc) is 2.16. The maximum absolute atomic E-state index is 13.3. The standard InChI is InChI=1S/C7H9FN2O4S2/c1-10-16(13,14)7-3-2-5(4-6(7)8)15(9,11)12/h2-4,10H,1H3,(H2,9,11,12). The molecule has 0 amide bonds. The van der Waals surface area contributed by atoms with Crippen LogP contribution in [0.25, 0.3) is 0 Å². The number of nitrogens with one attached hydrogen (secondary N) is 1. The van der Waals surface area contributed by atoms with Gasteiger partial charge in [-0.3, -0.25) is 0 Å². The van der Waals surface area contributed by atoms with Gasteiger partial charge in [-0.15, -0.1) is 0 Å². The molecule has 1 aromatic rings. The maximum atomic E-state index is 13.3. The average molecular weight is 268 g/mol. The van der Waals surface area contributed by atoms with Crippen LogP contribution in [0.2, 0.25) is 0 Å². The summed E-state index contributed by atoms with van der Waals surface area (Å²) in [6, 6.07) is 2.31. The summed E-state index contributed by atoms with van der Waals surface area (Å²) in [6.07, 6.45) is 0. The molecule has 0 atom stereocenters. The number of nitrogens with two attached hydrogens (primary N) is 1. The third-order valence-corrected chi connectivity index (χ3v) is 4.15. The third-order valence-electron chi connectivity index (χ3n) is 1.79. The molecule has 0 unspecified atom stereocenters. The van der Waals surface area contributed by atoms with E-state index in [1.807, 2.05) is 4.72 Å². The van der Waals surface area contributed by atoms with Crippen molar-refractivity contribution in [1.82, 2.24) is 4.72 Å². The number of hydrogen-bond acceptors (Lipinski definition) is 4. The van der Waals surface area contributed by atoms with Crippen molar-refractivity contribution in [2.24, 2.45) is 5.14 Å². The van der Waals surface area contributed by atoms with Crippen LogP contribution >= 0.6 is 0 Å². The highest BCUT2D eigenvalue weighted by atomic mass is 32.2. The van der Waals surface area contributed by atoms with Crippen LogP contribution in [-0.4, -0.2) is 23.9 Å². The summed E-state index contributed by atoms with van der Waals surface area (Å²) in [7, 11) is -6.89. The fraction of sp³-hybridized carbons (Fsp3) is 0.143. The Labute approximate surface area is 92.4 Å². The minimum absolute atomic E-state index is 0.486. The molecular formula is C7H9FN2O4S2. The van der Waals surface area contributed by atoms with Crippen molar-refractivity contribution in [1.29, 1.82) is 0 Å². The van der Waals surface area contributed by atoms with Crippen LogP contribution in [0.5, 0.6) is 0 Å². The Morgan fingerprint density at radius 3 is 2.19 bits per heavy atom. The molecule has 0 aliphatic carbocycles. The van der Waals surface area contributed by atoms with E-state index in [9.17, 15) is 21.2 Å². The monoisotopic (exact) mass is 268 g/mol. The van der Waals surface area contributed by atoms with Crippen molar-refractivity contribution in [2.75, 3.05) is 7.05 Å². The molecule has 0 saturated carbocycles. The van der Waals surface area contributed by atoms with Gasteiger partial charge < -0.3 is 0 Å². The summed E-state index contributed by atoms with van der Waals surface area (Å²) >= 11 is 0. The Balaban J connectivity index is 3.43. The lowest BCUT2D eigenvalue weighted by Crippen LogP contribution is -2.20. The van der Waals surface area contributed by atoms with Gasteiger partial charge in [-0.2, -0.15) is 0 Å². The summed E-state index contributed by atoms with van der Waals surface area (Å²) in [5.41, 5.74) is 0. The third kappa shape index (κ3) is 2.55. The van der Waals surface area contributed by atoms with Crippen molar-refractivity contribution in [3.8, 4) is 0 Å². The van der Waals surface area contributed by atoms with E-state index >= 15 is 0 Å². The molecule has 1 rings (SSSR count). The fourth-order valence-corrected chi connectivity index (χ4v) is 2.29. The molecule has 9 heteroatoms. The Hall–Kier alpha value is -1.03. The molecule has 3 N–H and O–H groups in total. The van der Waals surface area contributed by atoms with Crippen molar-refractivity contribution in [3.05, 3.63) is 24.0 Å². The number of primary sulfonamides is 1. The highest BCUT2D eigenvalue weighted by molar-refractivity contribution is 7.89. The Morgan fingerprint density at radius 2 is 1.81 bits per heavy atom. The molecule has 6 nitrogen and oxygen atoms in total. The largest absolute Gasteiger partial charge is 0.243 e. The smallest absolute Gasteiger partial charge is 0.225 e. The molecule has 1 aromatic carbocycles. The quantitative estimate of drug-likeness (QED) is 0.762. The van der Waals surface area contributed by atoms with Crippen LogP contribution in [0.3, 0.4) is 0 Å². The van der Waals surface area contributed by atoms with E-state index in [0.717, 1.165) is 19.2 Å². The lowest BCUT2D eigenvalue weighted by Gasteiger charge is -2.05. The summed E-state index contributed by atoms with van der Waals surface area (Å²) in [6.45, 7) is 0. The zero-order valence-corrected chi connectivity index (χ0v) is 9.77. The first-order valence-corrected chi connectivity index (χ1v) is 6.97. The first kappa shape index (κ1) is 13.0. The highest BCUT2D eigenvalue weighted by Gasteiger charge is 2.19. The van der Waals surface area contributed by atoms with Crippen molar-refractivity contribution >= 4 is 20.0 Å². The Bertz CT molecular complexity index is 609. The predicted octanol–water partition coefficient (Wildman–Crippen LogP) is -0.619. The molecule has 0 aliphatic heterocycles. The zero-order valence-electron chi connectivity index (χ0n) is 8.14. The van der Waals surface area contributed by atoms with E-state index in [2.05, 4.69) is 0 Å². The zero-order chi connectivity index (χ0) is 12.6. The highest BCUT2D eigenvalue weighted by Crippen LogP contribution is 2.17. The van der Waals surface area contributed by atoms with Gasteiger partial charge >= 0.3 is 0 Å². The van der Waals surface area contributed by atoms with Crippen LogP contribution in [0.4, 0.5) is 4.39 Å². The molecule has 0 saturated heterocycles. The molecule has 0 fully saturated rings. The summed E-state index contributed by atoms with van der Waals surface area (Å²) in [5.74, 6) is -1.18. The van der Waals surface area contributed by atoms with E-state index in [0.29, 0.717) is 6.07 Å². The van der Waals surface area contributed by atoms with Crippen molar-refractivity contribution in [2.45, 2.75) is 9.79 Å². The molecule has 0 aromatic heterocycles. The van der Waals surface area contributed by atoms with Gasteiger partial charge in [-0.05, 0) is 25.2 Å². The lowest BCUT2D eigenvalue weighted by molar-refractivity contribution is 0.556. The summed E-state index contributed by atoms with van der Waals surface area (Å²) < 4.78 is 59.5. The van der Waals surface area contributed by atoms with Gasteiger partial charge in [0.25, 0.3) is 0 Å². The first-order valence-electron chi connectivity index (χ1n) is 3.94. The Kier molecular flexibility index (Phi) is 3.33. The molecule has 0 bridgehead atoms. The van der Waals surface area contributed by atoms with Crippen molar-refractivity contribution < 1.29 is 21.2 Å². The maximum Gasteiger partial charge on any atom is 0.243 e. The first-order chi connectivity index (χ1) is 7.18. The minimum atomic E-state index is -4.05. The molecule has 0 aliphatic rings. The summed E-state index contributed by atoms with van der Waals surface area (Å²) in [4.78, 5) is -1.12. The van der Waals surface area contributed by atoms with E-state index in [1.54, 1.807) is 0 Å². The second-order valence-electron chi connectivity index (χ2n) is 2.84. The molecule has 90 valence electrons. The van der Waals surface area contributed by atoms with Gasteiger partial charge in [0.2, 0.25) is 20.0 Å². The molecule has 0 radical (unpaired) electrons. The summed E-state index contributed by atoms with van der Waals surface area (Å²) in [5, 5.41) is 4.76. The van der Waals surface area contributed by atoms with E-state index < -0.39 is 35.7 Å². The van der Waals surface area contributed by atoms with Crippen LogP contribution in [-0.2, 0) is 20.0 Å².